The summed E-state index contributed by atoms with van der Waals surface area (Å²) in [6.07, 6.45) is 1.32. The zero-order valence-corrected chi connectivity index (χ0v) is 9.90. The number of halogens is 1. The number of carbonyl (C=O) groups is 1. The summed E-state index contributed by atoms with van der Waals surface area (Å²) in [5.74, 6) is -0.958. The topological polar surface area (TPSA) is 63.3 Å². The van der Waals surface area contributed by atoms with E-state index in [0.29, 0.717) is 6.42 Å². The lowest BCUT2D eigenvalue weighted by Crippen LogP contribution is -2.32. The van der Waals surface area contributed by atoms with Crippen molar-refractivity contribution in [1.82, 2.24) is 0 Å². The Morgan fingerprint density at radius 2 is 2.13 bits per heavy atom. The van der Waals surface area contributed by atoms with E-state index >= 15 is 0 Å². The highest BCUT2D eigenvalue weighted by molar-refractivity contribution is 9.09. The molecule has 0 aliphatic rings. The van der Waals surface area contributed by atoms with Crippen LogP contribution in [-0.2, 0) is 17.6 Å². The second-order valence-corrected chi connectivity index (χ2v) is 4.20. The van der Waals surface area contributed by atoms with Crippen LogP contribution in [0.2, 0.25) is 0 Å². The first-order chi connectivity index (χ1) is 7.13. The summed E-state index contributed by atoms with van der Waals surface area (Å²) in [6.45, 7) is 0. The standard InChI is InChI=1S/C11H14BrNO2/c12-5-4-8-2-1-3-9(6-8)7-10(13)11(14)15/h1-3,6,10H,4-5,7,13H2,(H,14,15)/t10-/m0/s1. The number of aliphatic carboxylic acids is 1. The molecule has 0 heterocycles. The highest BCUT2D eigenvalue weighted by Crippen LogP contribution is 2.09. The molecule has 15 heavy (non-hydrogen) atoms. The minimum atomic E-state index is -0.958. The van der Waals surface area contributed by atoms with Crippen LogP contribution in [0, 0.1) is 0 Å². The second kappa shape index (κ2) is 5.88. The number of aryl methyl sites for hydroxylation is 1. The van der Waals surface area contributed by atoms with Gasteiger partial charge in [0.05, 0.1) is 0 Å². The molecule has 3 N–H and O–H groups in total. The van der Waals surface area contributed by atoms with Crippen LogP contribution < -0.4 is 5.73 Å². The predicted octanol–water partition coefficient (Wildman–Crippen LogP) is 1.58. The van der Waals surface area contributed by atoms with Crippen LogP contribution in [0.1, 0.15) is 11.1 Å². The van der Waals surface area contributed by atoms with Crippen molar-refractivity contribution in [1.29, 1.82) is 0 Å². The fraction of sp³-hybridized carbons (Fsp3) is 0.364. The number of rotatable bonds is 5. The zero-order chi connectivity index (χ0) is 11.3. The summed E-state index contributed by atoms with van der Waals surface area (Å²) in [5, 5.41) is 9.59. The Hall–Kier alpha value is -0.870. The average Bonchev–Trinajstić information content (AvgIpc) is 2.18. The van der Waals surface area contributed by atoms with Crippen LogP contribution in [-0.4, -0.2) is 22.4 Å². The smallest absolute Gasteiger partial charge is 0.320 e. The average molecular weight is 272 g/mol. The Morgan fingerprint density at radius 1 is 1.47 bits per heavy atom. The van der Waals surface area contributed by atoms with Gasteiger partial charge in [0, 0.05) is 5.33 Å². The Balaban J connectivity index is 2.68. The molecule has 1 atom stereocenters. The summed E-state index contributed by atoms with van der Waals surface area (Å²) in [5.41, 5.74) is 7.64. The molecule has 0 aromatic heterocycles. The van der Waals surface area contributed by atoms with Gasteiger partial charge in [-0.1, -0.05) is 40.2 Å². The van der Waals surface area contributed by atoms with Gasteiger partial charge in [-0.15, -0.1) is 0 Å². The fourth-order valence-electron chi connectivity index (χ4n) is 1.36. The number of alkyl halides is 1. The van der Waals surface area contributed by atoms with Crippen molar-refractivity contribution in [2.24, 2.45) is 5.73 Å². The van der Waals surface area contributed by atoms with Crippen molar-refractivity contribution in [3.63, 3.8) is 0 Å². The largest absolute Gasteiger partial charge is 0.480 e. The van der Waals surface area contributed by atoms with Crippen molar-refractivity contribution >= 4 is 21.9 Å². The quantitative estimate of drug-likeness (QED) is 0.800. The van der Waals surface area contributed by atoms with Gasteiger partial charge in [0.15, 0.2) is 0 Å². The van der Waals surface area contributed by atoms with Crippen LogP contribution in [0.15, 0.2) is 24.3 Å². The van der Waals surface area contributed by atoms with Crippen molar-refractivity contribution in [2.45, 2.75) is 18.9 Å². The van der Waals surface area contributed by atoms with Gasteiger partial charge in [-0.05, 0) is 24.0 Å². The molecule has 3 nitrogen and oxygen atoms in total. The Labute approximate surface area is 97.4 Å². The summed E-state index contributed by atoms with van der Waals surface area (Å²) >= 11 is 3.37. The number of carboxylic acid groups (broad SMARTS) is 1. The lowest BCUT2D eigenvalue weighted by Gasteiger charge is -2.07. The fourth-order valence-corrected chi connectivity index (χ4v) is 1.82. The molecule has 1 rings (SSSR count). The number of carboxylic acids is 1. The number of hydrogen-bond donors (Lipinski definition) is 2. The maximum Gasteiger partial charge on any atom is 0.320 e. The van der Waals surface area contributed by atoms with Crippen LogP contribution >= 0.6 is 15.9 Å². The van der Waals surface area contributed by atoms with E-state index in [1.54, 1.807) is 0 Å². The minimum Gasteiger partial charge on any atom is -0.480 e. The van der Waals surface area contributed by atoms with Gasteiger partial charge in [-0.25, -0.2) is 0 Å². The first kappa shape index (κ1) is 12.2. The van der Waals surface area contributed by atoms with E-state index in [4.69, 9.17) is 10.8 Å². The molecule has 0 radical (unpaired) electrons. The predicted molar refractivity (Wildman–Crippen MR) is 63.3 cm³/mol. The van der Waals surface area contributed by atoms with Crippen LogP contribution in [0.4, 0.5) is 0 Å². The molecule has 0 fully saturated rings. The van der Waals surface area contributed by atoms with E-state index in [0.717, 1.165) is 17.3 Å². The second-order valence-electron chi connectivity index (χ2n) is 3.41. The van der Waals surface area contributed by atoms with E-state index < -0.39 is 12.0 Å². The van der Waals surface area contributed by atoms with Crippen LogP contribution in [0.25, 0.3) is 0 Å². The van der Waals surface area contributed by atoms with Crippen LogP contribution in [0.3, 0.4) is 0 Å². The SMILES string of the molecule is N[C@@H](Cc1cccc(CCBr)c1)C(=O)O. The highest BCUT2D eigenvalue weighted by atomic mass is 79.9. The lowest BCUT2D eigenvalue weighted by molar-refractivity contribution is -0.138. The van der Waals surface area contributed by atoms with Gasteiger partial charge in [-0.2, -0.15) is 0 Å². The third kappa shape index (κ3) is 4.01. The molecule has 1 aromatic rings. The zero-order valence-electron chi connectivity index (χ0n) is 8.32. The number of benzene rings is 1. The highest BCUT2D eigenvalue weighted by Gasteiger charge is 2.11. The summed E-state index contributed by atoms with van der Waals surface area (Å²) in [4.78, 5) is 10.6. The molecule has 0 bridgehead atoms. The maximum absolute atomic E-state index is 10.6. The Morgan fingerprint density at radius 3 is 2.73 bits per heavy atom. The molecule has 0 amide bonds. The molecule has 0 saturated heterocycles. The molecule has 0 aliphatic carbocycles. The van der Waals surface area contributed by atoms with Gasteiger partial charge < -0.3 is 10.8 Å². The molecule has 0 aliphatic heterocycles. The van der Waals surface area contributed by atoms with Gasteiger partial charge in [0.25, 0.3) is 0 Å². The van der Waals surface area contributed by atoms with E-state index in [1.807, 2.05) is 24.3 Å². The third-order valence-electron chi connectivity index (χ3n) is 2.15. The molecule has 0 saturated carbocycles. The van der Waals surface area contributed by atoms with E-state index in [1.165, 1.54) is 5.56 Å². The maximum atomic E-state index is 10.6. The summed E-state index contributed by atoms with van der Waals surface area (Å²) < 4.78 is 0. The van der Waals surface area contributed by atoms with Gasteiger partial charge in [0.1, 0.15) is 6.04 Å². The summed E-state index contributed by atoms with van der Waals surface area (Å²) in [6, 6.07) is 7.05. The Kier molecular flexibility index (Phi) is 4.78. The molecule has 0 unspecified atom stereocenters. The van der Waals surface area contributed by atoms with E-state index in [2.05, 4.69) is 15.9 Å². The first-order valence-electron chi connectivity index (χ1n) is 4.75. The lowest BCUT2D eigenvalue weighted by atomic mass is 10.0. The van der Waals surface area contributed by atoms with Crippen molar-refractivity contribution in [3.05, 3.63) is 35.4 Å². The van der Waals surface area contributed by atoms with Crippen LogP contribution in [0.5, 0.6) is 0 Å². The first-order valence-corrected chi connectivity index (χ1v) is 5.88. The third-order valence-corrected chi connectivity index (χ3v) is 2.54. The normalized spacial score (nSPS) is 12.4. The Bertz CT molecular complexity index is 341. The van der Waals surface area contributed by atoms with Gasteiger partial charge in [0.2, 0.25) is 0 Å². The molecule has 0 spiro atoms. The van der Waals surface area contributed by atoms with Crippen molar-refractivity contribution < 1.29 is 9.90 Å². The van der Waals surface area contributed by atoms with Crippen molar-refractivity contribution in [2.75, 3.05) is 5.33 Å². The molecular formula is C11H14BrNO2. The molecule has 82 valence electrons. The summed E-state index contributed by atoms with van der Waals surface area (Å²) in [7, 11) is 0. The molecular weight excluding hydrogens is 258 g/mol. The number of hydrogen-bond acceptors (Lipinski definition) is 2. The van der Waals surface area contributed by atoms with E-state index in [9.17, 15) is 4.79 Å². The molecule has 4 heteroatoms. The van der Waals surface area contributed by atoms with Crippen molar-refractivity contribution in [3.8, 4) is 0 Å². The van der Waals surface area contributed by atoms with E-state index in [-0.39, 0.29) is 0 Å². The minimum absolute atomic E-state index is 0.380. The number of nitrogens with two attached hydrogens (primary N) is 1. The van der Waals surface area contributed by atoms with Gasteiger partial charge >= 0.3 is 5.97 Å². The van der Waals surface area contributed by atoms with Gasteiger partial charge in [-0.3, -0.25) is 4.79 Å². The monoisotopic (exact) mass is 271 g/mol. The molecule has 1 aromatic carbocycles.